The van der Waals surface area contributed by atoms with E-state index in [9.17, 15) is 15.3 Å². The number of ether oxygens (including phenoxy) is 2. The number of hydrogen-bond donors (Lipinski definition) is 3. The summed E-state index contributed by atoms with van der Waals surface area (Å²) in [7, 11) is 0. The molecule has 0 saturated heterocycles. The second-order valence-electron chi connectivity index (χ2n) is 3.85. The topological polar surface area (TPSA) is 79.2 Å². The van der Waals surface area contributed by atoms with E-state index in [4.69, 9.17) is 9.47 Å². The lowest BCUT2D eigenvalue weighted by atomic mass is 10.3. The molecule has 0 aromatic rings. The van der Waals surface area contributed by atoms with E-state index < -0.39 is 18.3 Å². The molecule has 0 aliphatic carbocycles. The van der Waals surface area contributed by atoms with E-state index in [-0.39, 0.29) is 26.4 Å². The van der Waals surface area contributed by atoms with Gasteiger partial charge in [0, 0.05) is 0 Å². The maximum absolute atomic E-state index is 9.41. The minimum absolute atomic E-state index is 0.138. The molecule has 0 saturated carbocycles. The summed E-state index contributed by atoms with van der Waals surface area (Å²) in [6.45, 7) is 4.45. The zero-order chi connectivity index (χ0) is 12.4. The van der Waals surface area contributed by atoms with Crippen LogP contribution in [0.1, 0.15) is 26.7 Å². The predicted molar refractivity (Wildman–Crippen MR) is 60.2 cm³/mol. The summed E-state index contributed by atoms with van der Waals surface area (Å²) in [5, 5.41) is 27.8. The fraction of sp³-hybridized carbons (Fsp3) is 1.00. The van der Waals surface area contributed by atoms with Crippen LogP contribution in [0.15, 0.2) is 0 Å². The van der Waals surface area contributed by atoms with E-state index >= 15 is 0 Å². The van der Waals surface area contributed by atoms with Crippen molar-refractivity contribution in [3.05, 3.63) is 0 Å². The van der Waals surface area contributed by atoms with Crippen LogP contribution in [0.3, 0.4) is 0 Å². The van der Waals surface area contributed by atoms with Crippen molar-refractivity contribution in [1.82, 2.24) is 0 Å². The Bertz CT molecular complexity index is 137. The summed E-state index contributed by atoms with van der Waals surface area (Å²) in [4.78, 5) is 0. The monoisotopic (exact) mass is 236 g/mol. The first-order valence-corrected chi connectivity index (χ1v) is 5.79. The first kappa shape index (κ1) is 15.8. The van der Waals surface area contributed by atoms with Crippen LogP contribution in [0, 0.1) is 0 Å². The van der Waals surface area contributed by atoms with Crippen LogP contribution >= 0.6 is 0 Å². The van der Waals surface area contributed by atoms with Crippen molar-refractivity contribution in [2.75, 3.05) is 26.4 Å². The van der Waals surface area contributed by atoms with Gasteiger partial charge in [0.05, 0.1) is 38.6 Å². The van der Waals surface area contributed by atoms with Gasteiger partial charge in [-0.2, -0.15) is 0 Å². The fourth-order valence-electron chi connectivity index (χ4n) is 0.964. The van der Waals surface area contributed by atoms with Gasteiger partial charge in [-0.15, -0.1) is 0 Å². The molecule has 2 unspecified atom stereocenters. The van der Waals surface area contributed by atoms with Gasteiger partial charge in [-0.25, -0.2) is 0 Å². The summed E-state index contributed by atoms with van der Waals surface area (Å²) >= 11 is 0. The minimum Gasteiger partial charge on any atom is -0.391 e. The lowest BCUT2D eigenvalue weighted by Gasteiger charge is -2.14. The zero-order valence-corrected chi connectivity index (χ0v) is 10.1. The van der Waals surface area contributed by atoms with Gasteiger partial charge in [-0.3, -0.25) is 0 Å². The van der Waals surface area contributed by atoms with E-state index in [1.165, 1.54) is 0 Å². The van der Waals surface area contributed by atoms with Crippen LogP contribution in [0.4, 0.5) is 0 Å². The SMILES string of the molecule is CCC(O)COCC(O)COCC(O)CC. The van der Waals surface area contributed by atoms with Gasteiger partial charge in [0.2, 0.25) is 0 Å². The quantitative estimate of drug-likeness (QED) is 0.494. The molecule has 0 aromatic carbocycles. The van der Waals surface area contributed by atoms with Gasteiger partial charge in [0.25, 0.3) is 0 Å². The van der Waals surface area contributed by atoms with Crippen molar-refractivity contribution in [3.8, 4) is 0 Å². The van der Waals surface area contributed by atoms with Crippen LogP contribution in [0.2, 0.25) is 0 Å². The molecule has 0 aromatic heterocycles. The molecule has 0 rings (SSSR count). The molecule has 0 bridgehead atoms. The zero-order valence-electron chi connectivity index (χ0n) is 10.1. The highest BCUT2D eigenvalue weighted by molar-refractivity contribution is 4.56. The minimum atomic E-state index is -0.715. The summed E-state index contributed by atoms with van der Waals surface area (Å²) in [6.07, 6.45) is -0.400. The van der Waals surface area contributed by atoms with Crippen LogP contribution < -0.4 is 0 Å². The summed E-state index contributed by atoms with van der Waals surface area (Å²) in [6, 6.07) is 0. The lowest BCUT2D eigenvalue weighted by Crippen LogP contribution is -2.26. The molecule has 16 heavy (non-hydrogen) atoms. The third-order valence-electron chi connectivity index (χ3n) is 2.18. The third kappa shape index (κ3) is 9.06. The Morgan fingerprint density at radius 1 is 0.688 bits per heavy atom. The summed E-state index contributed by atoms with van der Waals surface area (Å²) < 4.78 is 10.2. The molecule has 0 aliphatic heterocycles. The summed E-state index contributed by atoms with van der Waals surface area (Å²) in [5.41, 5.74) is 0. The summed E-state index contributed by atoms with van der Waals surface area (Å²) in [5.74, 6) is 0. The van der Waals surface area contributed by atoms with Crippen LogP contribution in [-0.2, 0) is 9.47 Å². The number of aliphatic hydroxyl groups is 3. The number of rotatable bonds is 10. The molecular formula is C11H24O5. The van der Waals surface area contributed by atoms with E-state index in [2.05, 4.69) is 0 Å². The smallest absolute Gasteiger partial charge is 0.101 e. The van der Waals surface area contributed by atoms with Crippen molar-refractivity contribution in [2.24, 2.45) is 0 Å². The van der Waals surface area contributed by atoms with E-state index in [1.807, 2.05) is 13.8 Å². The van der Waals surface area contributed by atoms with Crippen LogP contribution in [-0.4, -0.2) is 60.1 Å². The molecule has 5 heteroatoms. The van der Waals surface area contributed by atoms with Gasteiger partial charge in [-0.05, 0) is 12.8 Å². The van der Waals surface area contributed by atoms with Gasteiger partial charge in [0.1, 0.15) is 6.10 Å². The highest BCUT2D eigenvalue weighted by atomic mass is 16.5. The Morgan fingerprint density at radius 2 is 1.00 bits per heavy atom. The maximum atomic E-state index is 9.41. The first-order chi connectivity index (χ1) is 7.60. The van der Waals surface area contributed by atoms with Crippen LogP contribution in [0.5, 0.6) is 0 Å². The van der Waals surface area contributed by atoms with E-state index in [0.717, 1.165) is 0 Å². The average Bonchev–Trinajstić information content (AvgIpc) is 2.28. The normalized spacial score (nSPS) is 17.1. The molecule has 98 valence electrons. The molecule has 5 nitrogen and oxygen atoms in total. The largest absolute Gasteiger partial charge is 0.391 e. The number of aliphatic hydroxyl groups excluding tert-OH is 3. The Kier molecular flexibility index (Phi) is 9.86. The molecule has 0 fully saturated rings. The molecule has 0 heterocycles. The number of hydrogen-bond acceptors (Lipinski definition) is 5. The predicted octanol–water partition coefficient (Wildman–Crippen LogP) is -0.0777. The highest BCUT2D eigenvalue weighted by Crippen LogP contribution is 1.95. The molecule has 3 N–H and O–H groups in total. The van der Waals surface area contributed by atoms with Gasteiger partial charge >= 0.3 is 0 Å². The molecule has 0 radical (unpaired) electrons. The van der Waals surface area contributed by atoms with Crippen molar-refractivity contribution in [1.29, 1.82) is 0 Å². The van der Waals surface area contributed by atoms with Crippen molar-refractivity contribution in [2.45, 2.75) is 45.0 Å². The lowest BCUT2D eigenvalue weighted by molar-refractivity contribution is -0.0527. The van der Waals surface area contributed by atoms with Crippen LogP contribution in [0.25, 0.3) is 0 Å². The average molecular weight is 236 g/mol. The molecule has 0 amide bonds. The van der Waals surface area contributed by atoms with E-state index in [0.29, 0.717) is 12.8 Å². The van der Waals surface area contributed by atoms with E-state index in [1.54, 1.807) is 0 Å². The fourth-order valence-corrected chi connectivity index (χ4v) is 0.964. The Hall–Kier alpha value is -0.200. The van der Waals surface area contributed by atoms with Crippen molar-refractivity contribution >= 4 is 0 Å². The molecule has 0 spiro atoms. The van der Waals surface area contributed by atoms with Gasteiger partial charge < -0.3 is 24.8 Å². The van der Waals surface area contributed by atoms with Crippen molar-refractivity contribution in [3.63, 3.8) is 0 Å². The van der Waals surface area contributed by atoms with Gasteiger partial charge in [0.15, 0.2) is 0 Å². The Labute approximate surface area is 97.0 Å². The third-order valence-corrected chi connectivity index (χ3v) is 2.18. The second kappa shape index (κ2) is 9.99. The van der Waals surface area contributed by atoms with Gasteiger partial charge in [-0.1, -0.05) is 13.8 Å². The Balaban J connectivity index is 3.34. The molecule has 0 aliphatic rings. The second-order valence-corrected chi connectivity index (χ2v) is 3.85. The molecule has 2 atom stereocenters. The maximum Gasteiger partial charge on any atom is 0.101 e. The highest BCUT2D eigenvalue weighted by Gasteiger charge is 2.08. The Morgan fingerprint density at radius 3 is 1.31 bits per heavy atom. The van der Waals surface area contributed by atoms with Crippen molar-refractivity contribution < 1.29 is 24.8 Å². The first-order valence-electron chi connectivity index (χ1n) is 5.79. The molecular weight excluding hydrogens is 212 g/mol. The standard InChI is InChI=1S/C11H24O5/c1-3-9(12)5-15-7-11(14)8-16-6-10(13)4-2/h9-14H,3-8H2,1-2H3.